The molecule has 0 bridgehead atoms. The fourth-order valence-electron chi connectivity index (χ4n) is 2.75. The van der Waals surface area contributed by atoms with Crippen molar-refractivity contribution in [2.45, 2.75) is 32.2 Å². The van der Waals surface area contributed by atoms with Gasteiger partial charge in [-0.15, -0.1) is 24.8 Å². The summed E-state index contributed by atoms with van der Waals surface area (Å²) in [5.74, 6) is -0.358. The molecule has 0 spiro atoms. The van der Waals surface area contributed by atoms with Gasteiger partial charge in [-0.25, -0.2) is 0 Å². The molecule has 1 fully saturated rings. The first kappa shape index (κ1) is 22.5. The number of piperidine rings is 1. The quantitative estimate of drug-likeness (QED) is 0.730. The van der Waals surface area contributed by atoms with Gasteiger partial charge in [0.15, 0.2) is 0 Å². The van der Waals surface area contributed by atoms with Crippen LogP contribution in [0.3, 0.4) is 0 Å². The van der Waals surface area contributed by atoms with Gasteiger partial charge in [-0.2, -0.15) is 0 Å². The Morgan fingerprint density at radius 1 is 1.25 bits per heavy atom. The van der Waals surface area contributed by atoms with Crippen LogP contribution < -0.4 is 21.7 Å². The third-order valence-corrected chi connectivity index (χ3v) is 3.92. The third-order valence-electron chi connectivity index (χ3n) is 3.92. The second kappa shape index (κ2) is 10.4. The van der Waals surface area contributed by atoms with Crippen LogP contribution in [0.5, 0.6) is 0 Å². The number of benzene rings is 1. The predicted octanol–water partition coefficient (Wildman–Crippen LogP) is 1.91. The largest absolute Gasteiger partial charge is 0.370 e. The summed E-state index contributed by atoms with van der Waals surface area (Å²) in [6.07, 6.45) is 1.78. The molecule has 24 heavy (non-hydrogen) atoms. The molecule has 136 valence electrons. The first-order chi connectivity index (χ1) is 10.5. The van der Waals surface area contributed by atoms with Crippen molar-refractivity contribution in [1.82, 2.24) is 0 Å². The number of hydrogen-bond acceptors (Lipinski definition) is 4. The molecular weight excluding hydrogens is 351 g/mol. The number of hydrogen-bond donors (Lipinski definition) is 3. The Kier molecular flexibility index (Phi) is 9.73. The fourth-order valence-corrected chi connectivity index (χ4v) is 2.75. The normalized spacial score (nSPS) is 15.7. The highest BCUT2D eigenvalue weighted by molar-refractivity contribution is 5.94. The monoisotopic (exact) mass is 376 g/mol. The zero-order valence-corrected chi connectivity index (χ0v) is 15.4. The van der Waals surface area contributed by atoms with Gasteiger partial charge in [-0.1, -0.05) is 12.1 Å². The Morgan fingerprint density at radius 2 is 1.83 bits per heavy atom. The maximum atomic E-state index is 11.9. The zero-order valence-electron chi connectivity index (χ0n) is 13.7. The highest BCUT2D eigenvalue weighted by Crippen LogP contribution is 2.29. The lowest BCUT2D eigenvalue weighted by molar-refractivity contribution is -0.122. The average molecular weight is 377 g/mol. The Bertz CT molecular complexity index is 547. The lowest BCUT2D eigenvalue weighted by Gasteiger charge is -2.33. The smallest absolute Gasteiger partial charge is 0.225 e. The van der Waals surface area contributed by atoms with Crippen LogP contribution in [-0.2, 0) is 9.59 Å². The number of halogens is 2. The van der Waals surface area contributed by atoms with Crippen LogP contribution >= 0.6 is 24.8 Å². The van der Waals surface area contributed by atoms with Crippen LogP contribution in [-0.4, -0.2) is 30.9 Å². The van der Waals surface area contributed by atoms with Crippen molar-refractivity contribution < 1.29 is 9.59 Å². The van der Waals surface area contributed by atoms with E-state index in [9.17, 15) is 9.59 Å². The van der Waals surface area contributed by atoms with Gasteiger partial charge in [0.25, 0.3) is 0 Å². The average Bonchev–Trinajstić information content (AvgIpc) is 2.47. The molecule has 5 N–H and O–H groups in total. The van der Waals surface area contributed by atoms with Crippen LogP contribution in [0.15, 0.2) is 24.3 Å². The third kappa shape index (κ3) is 6.19. The van der Waals surface area contributed by atoms with E-state index in [0.29, 0.717) is 0 Å². The number of para-hydroxylation sites is 2. The number of rotatable bonds is 5. The van der Waals surface area contributed by atoms with E-state index in [1.54, 1.807) is 6.92 Å². The molecule has 1 atom stereocenters. The van der Waals surface area contributed by atoms with E-state index >= 15 is 0 Å². The summed E-state index contributed by atoms with van der Waals surface area (Å²) in [6.45, 7) is 3.32. The van der Waals surface area contributed by atoms with Crippen LogP contribution in [0.4, 0.5) is 11.4 Å². The summed E-state index contributed by atoms with van der Waals surface area (Å²) >= 11 is 0. The standard InChI is InChI=1S/C16H24N4O2.2ClH/c1-11(17)10-15(21)19-13-4-2-3-5-14(13)20-8-6-12(7-9-20)16(18)22;;/h2-5,11-12H,6-10,17H2,1H3,(H2,18,22)(H,19,21);2*1H. The molecule has 1 aliphatic rings. The summed E-state index contributed by atoms with van der Waals surface area (Å²) in [5.41, 5.74) is 12.8. The number of carbonyl (C=O) groups excluding carboxylic acids is 2. The summed E-state index contributed by atoms with van der Waals surface area (Å²) in [5, 5.41) is 2.92. The van der Waals surface area contributed by atoms with Gasteiger partial charge in [0.1, 0.15) is 0 Å². The molecule has 8 heteroatoms. The lowest BCUT2D eigenvalue weighted by Crippen LogP contribution is -2.39. The van der Waals surface area contributed by atoms with Gasteiger partial charge in [-0.3, -0.25) is 9.59 Å². The van der Waals surface area contributed by atoms with E-state index in [4.69, 9.17) is 11.5 Å². The molecule has 2 rings (SSSR count). The minimum Gasteiger partial charge on any atom is -0.370 e. The van der Waals surface area contributed by atoms with Gasteiger partial charge in [0, 0.05) is 31.5 Å². The highest BCUT2D eigenvalue weighted by atomic mass is 35.5. The number of amides is 2. The minimum atomic E-state index is -0.224. The molecule has 0 aromatic heterocycles. The van der Waals surface area contributed by atoms with Crippen molar-refractivity contribution in [1.29, 1.82) is 0 Å². The Hall–Kier alpha value is -1.50. The first-order valence-corrected chi connectivity index (χ1v) is 7.66. The van der Waals surface area contributed by atoms with Crippen LogP contribution in [0, 0.1) is 5.92 Å². The number of nitrogens with one attached hydrogen (secondary N) is 1. The van der Waals surface area contributed by atoms with E-state index in [0.717, 1.165) is 37.3 Å². The van der Waals surface area contributed by atoms with E-state index in [1.165, 1.54) is 0 Å². The molecule has 1 saturated heterocycles. The number of carbonyl (C=O) groups is 2. The van der Waals surface area contributed by atoms with Gasteiger partial charge >= 0.3 is 0 Å². The van der Waals surface area contributed by atoms with E-state index in [-0.39, 0.29) is 55.0 Å². The molecule has 1 aromatic carbocycles. The highest BCUT2D eigenvalue weighted by Gasteiger charge is 2.24. The van der Waals surface area contributed by atoms with Crippen molar-refractivity contribution in [2.24, 2.45) is 17.4 Å². The molecule has 0 radical (unpaired) electrons. The van der Waals surface area contributed by atoms with Crippen molar-refractivity contribution >= 4 is 48.0 Å². The van der Waals surface area contributed by atoms with Gasteiger partial charge in [0.05, 0.1) is 11.4 Å². The first-order valence-electron chi connectivity index (χ1n) is 7.66. The van der Waals surface area contributed by atoms with Crippen molar-refractivity contribution in [2.75, 3.05) is 23.3 Å². The second-order valence-electron chi connectivity index (χ2n) is 5.91. The molecule has 1 aromatic rings. The number of primary amides is 1. The molecular formula is C16H26Cl2N4O2. The Balaban J connectivity index is 0.00000264. The van der Waals surface area contributed by atoms with Crippen LogP contribution in [0.2, 0.25) is 0 Å². The second-order valence-corrected chi connectivity index (χ2v) is 5.91. The molecule has 1 aliphatic heterocycles. The predicted molar refractivity (Wildman–Crippen MR) is 102 cm³/mol. The molecule has 2 amide bonds. The van der Waals surface area contributed by atoms with Crippen LogP contribution in [0.1, 0.15) is 26.2 Å². The number of nitrogens with two attached hydrogens (primary N) is 2. The maximum absolute atomic E-state index is 11.9. The molecule has 1 heterocycles. The van der Waals surface area contributed by atoms with Gasteiger partial charge in [0.2, 0.25) is 11.8 Å². The van der Waals surface area contributed by atoms with E-state index < -0.39 is 0 Å². The fraction of sp³-hybridized carbons (Fsp3) is 0.500. The topological polar surface area (TPSA) is 101 Å². The summed E-state index contributed by atoms with van der Waals surface area (Å²) in [6, 6.07) is 7.52. The number of anilines is 2. The van der Waals surface area contributed by atoms with E-state index in [1.807, 2.05) is 24.3 Å². The minimum absolute atomic E-state index is 0. The molecule has 0 aliphatic carbocycles. The summed E-state index contributed by atoms with van der Waals surface area (Å²) < 4.78 is 0. The molecule has 6 nitrogen and oxygen atoms in total. The molecule has 0 saturated carbocycles. The maximum Gasteiger partial charge on any atom is 0.225 e. The SMILES string of the molecule is CC(N)CC(=O)Nc1ccccc1N1CCC(C(N)=O)CC1.Cl.Cl. The number of nitrogens with zero attached hydrogens (tertiary/aromatic N) is 1. The lowest BCUT2D eigenvalue weighted by atomic mass is 9.96. The van der Waals surface area contributed by atoms with Crippen LogP contribution in [0.25, 0.3) is 0 Å². The summed E-state index contributed by atoms with van der Waals surface area (Å²) in [7, 11) is 0. The van der Waals surface area contributed by atoms with Gasteiger partial charge < -0.3 is 21.7 Å². The molecule has 1 unspecified atom stereocenters. The van der Waals surface area contributed by atoms with E-state index in [2.05, 4.69) is 10.2 Å². The van der Waals surface area contributed by atoms with Gasteiger partial charge in [-0.05, 0) is 31.9 Å². The van der Waals surface area contributed by atoms with Crippen molar-refractivity contribution in [3.63, 3.8) is 0 Å². The Labute approximate surface area is 155 Å². The summed E-state index contributed by atoms with van der Waals surface area (Å²) in [4.78, 5) is 25.4. The van der Waals surface area contributed by atoms with Crippen molar-refractivity contribution in [3.8, 4) is 0 Å². The Morgan fingerprint density at radius 3 is 2.38 bits per heavy atom. The van der Waals surface area contributed by atoms with Crippen molar-refractivity contribution in [3.05, 3.63) is 24.3 Å². The zero-order chi connectivity index (χ0) is 16.1.